The molecular weight excluding hydrogens is 394 g/mol. The highest BCUT2D eigenvalue weighted by Gasteiger charge is 2.59. The van der Waals surface area contributed by atoms with Crippen LogP contribution in [-0.2, 0) is 12.1 Å². The Hall–Kier alpha value is -3.01. The minimum atomic E-state index is -0.940. The number of rotatable bonds is 2. The van der Waals surface area contributed by atoms with E-state index in [0.717, 1.165) is 49.3 Å². The van der Waals surface area contributed by atoms with Crippen LogP contribution >= 0.6 is 0 Å². The molecule has 2 N–H and O–H groups in total. The van der Waals surface area contributed by atoms with E-state index in [2.05, 4.69) is 20.4 Å². The van der Waals surface area contributed by atoms with Crippen molar-refractivity contribution in [3.63, 3.8) is 0 Å². The lowest BCUT2D eigenvalue weighted by Gasteiger charge is -2.37. The van der Waals surface area contributed by atoms with Gasteiger partial charge in [-0.3, -0.25) is 9.89 Å². The van der Waals surface area contributed by atoms with Crippen LogP contribution in [0.3, 0.4) is 0 Å². The molecule has 2 fully saturated rings. The number of aromatic nitrogens is 2. The van der Waals surface area contributed by atoms with E-state index >= 15 is 0 Å². The van der Waals surface area contributed by atoms with Crippen LogP contribution in [0.15, 0.2) is 18.2 Å². The zero-order chi connectivity index (χ0) is 21.0. The average Bonchev–Trinajstić information content (AvgIpc) is 3.31. The predicted molar refractivity (Wildman–Crippen MR) is 104 cm³/mol. The van der Waals surface area contributed by atoms with Gasteiger partial charge >= 0.3 is 6.03 Å². The number of carbonyl (C=O) groups is 2. The minimum absolute atomic E-state index is 0.00736. The van der Waals surface area contributed by atoms with Gasteiger partial charge in [-0.05, 0) is 32.0 Å². The number of hydrogen-bond donors (Lipinski definition) is 2. The molecule has 3 aliphatic rings. The second-order valence-electron chi connectivity index (χ2n) is 8.19. The lowest BCUT2D eigenvalue weighted by Crippen LogP contribution is -2.52. The van der Waals surface area contributed by atoms with E-state index in [4.69, 9.17) is 0 Å². The quantitative estimate of drug-likeness (QED) is 0.786. The Balaban J connectivity index is 1.36. The first kappa shape index (κ1) is 19.0. The summed E-state index contributed by atoms with van der Waals surface area (Å²) < 4.78 is 27.1. The monoisotopic (exact) mass is 416 g/mol. The number of fused-ring (bicyclic) bond motifs is 2. The molecule has 1 aliphatic carbocycles. The van der Waals surface area contributed by atoms with Gasteiger partial charge in [-0.25, -0.2) is 13.6 Å². The van der Waals surface area contributed by atoms with E-state index in [0.29, 0.717) is 25.7 Å². The molecule has 3 amide bonds. The summed E-state index contributed by atoms with van der Waals surface area (Å²) in [5.74, 6) is -2.13. The Bertz CT molecular complexity index is 1030. The first-order valence-corrected chi connectivity index (χ1v) is 9.98. The van der Waals surface area contributed by atoms with E-state index in [9.17, 15) is 18.4 Å². The molecule has 0 bridgehead atoms. The van der Waals surface area contributed by atoms with Crippen molar-refractivity contribution in [2.24, 2.45) is 0 Å². The van der Waals surface area contributed by atoms with E-state index in [1.165, 1.54) is 0 Å². The van der Waals surface area contributed by atoms with Gasteiger partial charge in [-0.15, -0.1) is 0 Å². The number of anilines is 1. The second-order valence-corrected chi connectivity index (χ2v) is 8.19. The van der Waals surface area contributed by atoms with E-state index in [1.54, 1.807) is 0 Å². The molecule has 3 heterocycles. The fourth-order valence-corrected chi connectivity index (χ4v) is 4.36. The second kappa shape index (κ2) is 6.76. The molecule has 1 spiro atoms. The van der Waals surface area contributed by atoms with Gasteiger partial charge in [-0.2, -0.15) is 5.10 Å². The predicted octanol–water partition coefficient (Wildman–Crippen LogP) is 2.11. The van der Waals surface area contributed by atoms with E-state index in [-0.39, 0.29) is 17.4 Å². The standard InChI is InChI=1S/C20H22F2N6O2/c1-26-6-8-27(9-7-26)19(30)28-11-14-16(20(28)4-5-20)24-25-17(14)23-18(29)13-3-2-12(21)10-15(13)22/h2-3,10H,4-9,11H2,1H3,(H2,23,24,25,29). The molecule has 5 rings (SSSR count). The maximum atomic E-state index is 13.9. The van der Waals surface area contributed by atoms with Gasteiger partial charge in [0.05, 0.1) is 23.3 Å². The molecule has 8 nitrogen and oxygen atoms in total. The molecule has 0 unspecified atom stereocenters. The van der Waals surface area contributed by atoms with Crippen LogP contribution in [-0.4, -0.2) is 70.1 Å². The van der Waals surface area contributed by atoms with Crippen LogP contribution in [0.2, 0.25) is 0 Å². The first-order chi connectivity index (χ1) is 14.4. The number of nitrogens with one attached hydrogen (secondary N) is 2. The van der Waals surface area contributed by atoms with Gasteiger partial charge in [0.15, 0.2) is 5.82 Å². The van der Waals surface area contributed by atoms with Crippen molar-refractivity contribution in [2.45, 2.75) is 24.9 Å². The van der Waals surface area contributed by atoms with Crippen molar-refractivity contribution in [3.05, 3.63) is 46.7 Å². The highest BCUT2D eigenvalue weighted by molar-refractivity contribution is 6.04. The largest absolute Gasteiger partial charge is 0.322 e. The Labute approximate surface area is 171 Å². The third-order valence-corrected chi connectivity index (χ3v) is 6.30. The van der Waals surface area contributed by atoms with Gasteiger partial charge in [0.1, 0.15) is 11.6 Å². The average molecular weight is 416 g/mol. The molecule has 10 heteroatoms. The van der Waals surface area contributed by atoms with Crippen molar-refractivity contribution in [1.29, 1.82) is 0 Å². The van der Waals surface area contributed by atoms with Gasteiger partial charge in [0.25, 0.3) is 5.91 Å². The molecule has 0 radical (unpaired) electrons. The summed E-state index contributed by atoms with van der Waals surface area (Å²) in [7, 11) is 2.04. The number of piperazine rings is 1. The summed E-state index contributed by atoms with van der Waals surface area (Å²) in [5, 5.41) is 9.77. The molecule has 0 atom stereocenters. The molecule has 30 heavy (non-hydrogen) atoms. The maximum absolute atomic E-state index is 13.9. The SMILES string of the molecule is CN1CCN(C(=O)N2Cc3c(NC(=O)c4ccc(F)cc4F)n[nH]c3C23CC3)CC1. The number of urea groups is 1. The van der Waals surface area contributed by atoms with E-state index in [1.807, 2.05) is 16.8 Å². The number of H-pyrrole nitrogens is 1. The van der Waals surface area contributed by atoms with Crippen LogP contribution in [0.4, 0.5) is 19.4 Å². The number of likely N-dealkylation sites (N-methyl/N-ethyl adjacent to an activating group) is 1. The maximum Gasteiger partial charge on any atom is 0.321 e. The molecule has 2 aliphatic heterocycles. The van der Waals surface area contributed by atoms with Crippen molar-refractivity contribution in [1.82, 2.24) is 24.9 Å². The van der Waals surface area contributed by atoms with Crippen LogP contribution in [0.5, 0.6) is 0 Å². The zero-order valence-corrected chi connectivity index (χ0v) is 16.5. The lowest BCUT2D eigenvalue weighted by atomic mass is 10.1. The summed E-state index contributed by atoms with van der Waals surface area (Å²) in [4.78, 5) is 31.6. The number of aromatic amines is 1. The number of benzene rings is 1. The van der Waals surface area contributed by atoms with Gasteiger partial charge in [0.2, 0.25) is 0 Å². The fraction of sp³-hybridized carbons (Fsp3) is 0.450. The van der Waals surface area contributed by atoms with Crippen LogP contribution in [0.25, 0.3) is 0 Å². The van der Waals surface area contributed by atoms with Crippen molar-refractivity contribution in [2.75, 3.05) is 38.5 Å². The molecule has 1 aromatic heterocycles. The summed E-state index contributed by atoms with van der Waals surface area (Å²) in [5.41, 5.74) is 0.913. The van der Waals surface area contributed by atoms with E-state index < -0.39 is 23.1 Å². The van der Waals surface area contributed by atoms with Crippen molar-refractivity contribution >= 4 is 17.8 Å². The third-order valence-electron chi connectivity index (χ3n) is 6.30. The van der Waals surface area contributed by atoms with Gasteiger partial charge in [-0.1, -0.05) is 0 Å². The Morgan fingerprint density at radius 2 is 1.90 bits per heavy atom. The van der Waals surface area contributed by atoms with Gasteiger partial charge < -0.3 is 20.0 Å². The first-order valence-electron chi connectivity index (χ1n) is 9.98. The minimum Gasteiger partial charge on any atom is -0.322 e. The van der Waals surface area contributed by atoms with Crippen LogP contribution in [0.1, 0.15) is 34.5 Å². The number of amides is 3. The number of halogens is 2. The fourth-order valence-electron chi connectivity index (χ4n) is 4.36. The van der Waals surface area contributed by atoms with Crippen molar-refractivity contribution < 1.29 is 18.4 Å². The lowest BCUT2D eigenvalue weighted by molar-refractivity contribution is 0.102. The Kier molecular flexibility index (Phi) is 4.28. The Morgan fingerprint density at radius 1 is 1.17 bits per heavy atom. The van der Waals surface area contributed by atoms with Crippen molar-refractivity contribution in [3.8, 4) is 0 Å². The van der Waals surface area contributed by atoms with Crippen LogP contribution in [0, 0.1) is 11.6 Å². The normalized spacial score (nSPS) is 19.8. The molecule has 1 saturated carbocycles. The molecule has 158 valence electrons. The summed E-state index contributed by atoms with van der Waals surface area (Å²) in [6.45, 7) is 3.37. The molecule has 1 saturated heterocycles. The molecule has 2 aromatic rings. The number of carbonyl (C=O) groups excluding carboxylic acids is 2. The zero-order valence-electron chi connectivity index (χ0n) is 16.5. The number of nitrogens with zero attached hydrogens (tertiary/aromatic N) is 4. The summed E-state index contributed by atoms with van der Waals surface area (Å²) in [6.07, 6.45) is 1.67. The summed E-state index contributed by atoms with van der Waals surface area (Å²) in [6, 6.07) is 2.78. The smallest absolute Gasteiger partial charge is 0.321 e. The number of hydrogen-bond acceptors (Lipinski definition) is 4. The van der Waals surface area contributed by atoms with Gasteiger partial charge in [0, 0.05) is 37.8 Å². The third kappa shape index (κ3) is 2.94. The Morgan fingerprint density at radius 3 is 2.57 bits per heavy atom. The summed E-state index contributed by atoms with van der Waals surface area (Å²) >= 11 is 0. The molecular formula is C20H22F2N6O2. The highest BCUT2D eigenvalue weighted by Crippen LogP contribution is 2.57. The molecule has 1 aromatic carbocycles. The highest BCUT2D eigenvalue weighted by atomic mass is 19.1. The van der Waals surface area contributed by atoms with Crippen LogP contribution < -0.4 is 5.32 Å². The topological polar surface area (TPSA) is 84.6 Å².